The van der Waals surface area contributed by atoms with Crippen molar-refractivity contribution < 1.29 is 23.9 Å². The highest BCUT2D eigenvalue weighted by Crippen LogP contribution is 2.31. The molecule has 41 heavy (non-hydrogen) atoms. The second-order valence-electron chi connectivity index (χ2n) is 11.5. The fraction of sp³-hybridized carbons (Fsp3) is 0.484. The Labute approximate surface area is 241 Å². The van der Waals surface area contributed by atoms with Gasteiger partial charge in [0.05, 0.1) is 12.1 Å². The molecular formula is C31H41N5O5. The van der Waals surface area contributed by atoms with Crippen molar-refractivity contribution in [1.82, 2.24) is 20.4 Å². The molecule has 0 atom stereocenters. The summed E-state index contributed by atoms with van der Waals surface area (Å²) in [7, 11) is 0. The maximum atomic E-state index is 13.2. The van der Waals surface area contributed by atoms with Crippen LogP contribution < -0.4 is 16.0 Å². The van der Waals surface area contributed by atoms with Crippen molar-refractivity contribution in [3.8, 4) is 0 Å². The predicted octanol–water partition coefficient (Wildman–Crippen LogP) is 2.91. The van der Waals surface area contributed by atoms with E-state index in [1.165, 1.54) is 0 Å². The van der Waals surface area contributed by atoms with E-state index in [-0.39, 0.29) is 24.0 Å². The van der Waals surface area contributed by atoms with Crippen LogP contribution in [0.15, 0.2) is 42.5 Å². The summed E-state index contributed by atoms with van der Waals surface area (Å²) >= 11 is 0. The number of carbonyl (C=O) groups is 4. The molecule has 3 N–H and O–H groups in total. The smallest absolute Gasteiger partial charge is 0.408 e. The fourth-order valence-corrected chi connectivity index (χ4v) is 5.11. The van der Waals surface area contributed by atoms with Crippen molar-refractivity contribution in [2.24, 2.45) is 0 Å². The van der Waals surface area contributed by atoms with Gasteiger partial charge in [0.1, 0.15) is 5.60 Å². The lowest BCUT2D eigenvalue weighted by molar-refractivity contribution is -0.120. The molecule has 10 heteroatoms. The van der Waals surface area contributed by atoms with Gasteiger partial charge in [-0.05, 0) is 52.8 Å². The zero-order valence-electron chi connectivity index (χ0n) is 24.3. The molecule has 2 aliphatic rings. The Morgan fingerprint density at radius 1 is 0.780 bits per heavy atom. The molecule has 0 saturated carbocycles. The minimum Gasteiger partial charge on any atom is -0.444 e. The average molecular weight is 564 g/mol. The third-order valence-corrected chi connectivity index (χ3v) is 7.15. The van der Waals surface area contributed by atoms with E-state index in [0.717, 1.165) is 52.1 Å². The molecule has 0 aromatic heterocycles. The number of hydrogen-bond donors (Lipinski definition) is 3. The second kappa shape index (κ2) is 13.7. The summed E-state index contributed by atoms with van der Waals surface area (Å²) in [5, 5.41) is 8.69. The van der Waals surface area contributed by atoms with E-state index in [9.17, 15) is 19.2 Å². The van der Waals surface area contributed by atoms with E-state index < -0.39 is 11.7 Å². The highest BCUT2D eigenvalue weighted by molar-refractivity contribution is 6.30. The van der Waals surface area contributed by atoms with Crippen molar-refractivity contribution in [3.63, 3.8) is 0 Å². The summed E-state index contributed by atoms with van der Waals surface area (Å²) in [4.78, 5) is 54.5. The molecule has 2 aromatic rings. The number of nitrogens with zero attached hydrogens (tertiary/aromatic N) is 2. The van der Waals surface area contributed by atoms with Crippen LogP contribution >= 0.6 is 0 Å². The molecule has 2 aromatic carbocycles. The number of anilines is 1. The first-order chi connectivity index (χ1) is 19.6. The largest absolute Gasteiger partial charge is 0.444 e. The normalized spacial score (nSPS) is 15.6. The molecule has 1 fully saturated rings. The minimum absolute atomic E-state index is 0.0996. The van der Waals surface area contributed by atoms with Crippen LogP contribution in [0.3, 0.4) is 0 Å². The van der Waals surface area contributed by atoms with Crippen LogP contribution in [0.5, 0.6) is 0 Å². The Morgan fingerprint density at radius 2 is 1.37 bits per heavy atom. The van der Waals surface area contributed by atoms with Gasteiger partial charge in [0, 0.05) is 61.6 Å². The van der Waals surface area contributed by atoms with Crippen molar-refractivity contribution in [1.29, 1.82) is 0 Å². The van der Waals surface area contributed by atoms with Gasteiger partial charge in [-0.3, -0.25) is 14.4 Å². The van der Waals surface area contributed by atoms with Crippen molar-refractivity contribution in [2.45, 2.75) is 39.2 Å². The molecule has 0 unspecified atom stereocenters. The van der Waals surface area contributed by atoms with Gasteiger partial charge in [-0.2, -0.15) is 0 Å². The molecule has 2 amide bonds. The third-order valence-electron chi connectivity index (χ3n) is 7.15. The number of ether oxygens (including phenoxy) is 1. The van der Waals surface area contributed by atoms with E-state index in [4.69, 9.17) is 4.74 Å². The maximum Gasteiger partial charge on any atom is 0.408 e. The number of alkyl carbamates (subject to hydrolysis) is 1. The van der Waals surface area contributed by atoms with E-state index in [2.05, 4.69) is 25.8 Å². The first kappa shape index (κ1) is 30.2. The number of hydrogen-bond acceptors (Lipinski definition) is 8. The Balaban J connectivity index is 1.10. The molecule has 1 aliphatic heterocycles. The summed E-state index contributed by atoms with van der Waals surface area (Å²) in [6, 6.07) is 12.4. The van der Waals surface area contributed by atoms with Gasteiger partial charge in [0.25, 0.3) is 0 Å². The van der Waals surface area contributed by atoms with Crippen molar-refractivity contribution in [2.75, 3.05) is 64.2 Å². The zero-order chi connectivity index (χ0) is 29.4. The van der Waals surface area contributed by atoms with Crippen molar-refractivity contribution >= 4 is 29.3 Å². The molecule has 0 radical (unpaired) electrons. The molecule has 1 aliphatic carbocycles. The first-order valence-corrected chi connectivity index (χ1v) is 14.4. The number of ketones is 2. The van der Waals surface area contributed by atoms with Gasteiger partial charge in [-0.25, -0.2) is 4.79 Å². The van der Waals surface area contributed by atoms with Gasteiger partial charge in [0.15, 0.2) is 11.6 Å². The van der Waals surface area contributed by atoms with Gasteiger partial charge in [0.2, 0.25) is 5.91 Å². The molecule has 0 spiro atoms. The number of amides is 2. The summed E-state index contributed by atoms with van der Waals surface area (Å²) in [6.07, 6.45) is 1.17. The van der Waals surface area contributed by atoms with Gasteiger partial charge in [-0.15, -0.1) is 0 Å². The third kappa shape index (κ3) is 8.37. The standard InChI is InChI=1S/C31H41N5O5/c1-31(2,3)41-30(40)34-21-26(37)33-14-8-16-36-19-17-35(18-20-36)15-7-13-32-25-12-6-11-24-27(25)29(39)23-10-5-4-9-22(23)28(24)38/h4-6,9-12,32H,7-8,13-21H2,1-3H3,(H,33,37)(H,34,40). The van der Waals surface area contributed by atoms with Crippen LogP contribution in [0, 0.1) is 0 Å². The number of piperazine rings is 1. The molecule has 1 heterocycles. The highest BCUT2D eigenvalue weighted by Gasteiger charge is 2.31. The molecule has 220 valence electrons. The SMILES string of the molecule is CC(C)(C)OC(=O)NCC(=O)NCCCN1CCN(CCCNc2cccc3c2C(=O)c2ccccc2C3=O)CC1. The van der Waals surface area contributed by atoms with E-state index >= 15 is 0 Å². The number of fused-ring (bicyclic) bond motifs is 2. The van der Waals surface area contributed by atoms with Crippen molar-refractivity contribution in [3.05, 3.63) is 64.7 Å². The lowest BCUT2D eigenvalue weighted by Gasteiger charge is -2.34. The number of benzene rings is 2. The Bertz CT molecular complexity index is 1260. The molecule has 10 nitrogen and oxygen atoms in total. The number of nitrogens with one attached hydrogen (secondary N) is 3. The van der Waals surface area contributed by atoms with E-state index in [1.807, 2.05) is 12.1 Å². The Kier molecular flexibility index (Phi) is 10.1. The fourth-order valence-electron chi connectivity index (χ4n) is 5.11. The van der Waals surface area contributed by atoms with Crippen LogP contribution in [0.2, 0.25) is 0 Å². The van der Waals surface area contributed by atoms with Crippen LogP contribution in [-0.2, 0) is 9.53 Å². The minimum atomic E-state index is -0.599. The quantitative estimate of drug-likeness (QED) is 0.305. The lowest BCUT2D eigenvalue weighted by Crippen LogP contribution is -2.47. The van der Waals surface area contributed by atoms with Crippen LogP contribution in [0.25, 0.3) is 0 Å². The van der Waals surface area contributed by atoms with Gasteiger partial charge in [-0.1, -0.05) is 36.4 Å². The zero-order valence-corrected chi connectivity index (χ0v) is 24.3. The maximum absolute atomic E-state index is 13.2. The van der Waals surface area contributed by atoms with E-state index in [1.54, 1.807) is 51.1 Å². The van der Waals surface area contributed by atoms with Gasteiger partial charge >= 0.3 is 6.09 Å². The van der Waals surface area contributed by atoms with Crippen LogP contribution in [-0.4, -0.2) is 97.9 Å². The summed E-state index contributed by atoms with van der Waals surface area (Å²) in [6.45, 7) is 12.3. The number of carbonyl (C=O) groups excluding carboxylic acids is 4. The predicted molar refractivity (Wildman–Crippen MR) is 158 cm³/mol. The molecule has 0 bridgehead atoms. The van der Waals surface area contributed by atoms with E-state index in [0.29, 0.717) is 41.0 Å². The summed E-state index contributed by atoms with van der Waals surface area (Å²) < 4.78 is 5.12. The first-order valence-electron chi connectivity index (χ1n) is 14.4. The lowest BCUT2D eigenvalue weighted by atomic mass is 9.83. The summed E-state index contributed by atoms with van der Waals surface area (Å²) in [5.41, 5.74) is 2.00. The average Bonchev–Trinajstić information content (AvgIpc) is 2.95. The van der Waals surface area contributed by atoms with Gasteiger partial charge < -0.3 is 30.5 Å². The summed E-state index contributed by atoms with van der Waals surface area (Å²) in [5.74, 6) is -0.438. The Hall–Kier alpha value is -3.76. The Morgan fingerprint density at radius 3 is 2.00 bits per heavy atom. The monoisotopic (exact) mass is 563 g/mol. The van der Waals surface area contributed by atoms with Crippen LogP contribution in [0.1, 0.15) is 65.5 Å². The topological polar surface area (TPSA) is 120 Å². The highest BCUT2D eigenvalue weighted by atomic mass is 16.6. The molecule has 1 saturated heterocycles. The molecular weight excluding hydrogens is 522 g/mol. The number of rotatable bonds is 11. The second-order valence-corrected chi connectivity index (χ2v) is 11.5. The molecule has 4 rings (SSSR count). The van der Waals surface area contributed by atoms with Crippen LogP contribution in [0.4, 0.5) is 10.5 Å².